The zero-order valence-corrected chi connectivity index (χ0v) is 18.0. The molecule has 1 aromatic carbocycles. The van der Waals surface area contributed by atoms with Crippen LogP contribution in [0.15, 0.2) is 41.4 Å². The normalized spacial score (nSPS) is 22.1. The molecule has 2 unspecified atom stereocenters. The number of aromatic nitrogens is 1. The van der Waals surface area contributed by atoms with E-state index in [1.54, 1.807) is 24.0 Å². The predicted molar refractivity (Wildman–Crippen MR) is 110 cm³/mol. The molecule has 172 valence electrons. The van der Waals surface area contributed by atoms with Gasteiger partial charge in [-0.1, -0.05) is 12.1 Å². The smallest absolute Gasteiger partial charge is 0.417 e. The summed E-state index contributed by atoms with van der Waals surface area (Å²) >= 11 is 0. The van der Waals surface area contributed by atoms with Gasteiger partial charge in [0.2, 0.25) is 10.0 Å². The molecule has 2 aromatic rings. The standard InChI is InChI=1S/C21H22F3N3O4S/c1-13-12-26(19-6-5-16(11-25-19)21(22,23)24)7-8-27(13)32(30,31)18-4-2-3-14-9-15(20(28)29)10-17(14)18/h2-6,11,13,15H,7-10,12H2,1H3,(H,28,29). The predicted octanol–water partition coefficient (Wildman–Crippen LogP) is 2.80. The quantitative estimate of drug-likeness (QED) is 0.741. The summed E-state index contributed by atoms with van der Waals surface area (Å²) in [6, 6.07) is 6.69. The monoisotopic (exact) mass is 469 g/mol. The highest BCUT2D eigenvalue weighted by atomic mass is 32.2. The van der Waals surface area contributed by atoms with Gasteiger partial charge in [-0.2, -0.15) is 17.5 Å². The third-order valence-corrected chi connectivity index (χ3v) is 8.15. The first-order chi connectivity index (χ1) is 15.0. The van der Waals surface area contributed by atoms with E-state index in [0.29, 0.717) is 17.8 Å². The van der Waals surface area contributed by atoms with E-state index in [1.807, 2.05) is 0 Å². The number of sulfonamides is 1. The Labute approximate surface area is 183 Å². The summed E-state index contributed by atoms with van der Waals surface area (Å²) in [6.07, 6.45) is -3.22. The Balaban J connectivity index is 1.53. The molecule has 1 aliphatic heterocycles. The molecule has 0 saturated carbocycles. The van der Waals surface area contributed by atoms with Crippen molar-refractivity contribution in [1.29, 1.82) is 0 Å². The van der Waals surface area contributed by atoms with Crippen LogP contribution in [0.1, 0.15) is 23.6 Å². The van der Waals surface area contributed by atoms with E-state index >= 15 is 0 Å². The lowest BCUT2D eigenvalue weighted by atomic mass is 10.1. The number of pyridine rings is 1. The molecule has 11 heteroatoms. The number of alkyl halides is 3. The minimum atomic E-state index is -4.47. The molecule has 0 spiro atoms. The van der Waals surface area contributed by atoms with Crippen molar-refractivity contribution < 1.29 is 31.5 Å². The van der Waals surface area contributed by atoms with Gasteiger partial charge in [-0.05, 0) is 49.1 Å². The summed E-state index contributed by atoms with van der Waals surface area (Å²) in [6.45, 7) is 2.41. The second-order valence-electron chi connectivity index (χ2n) is 8.15. The van der Waals surface area contributed by atoms with Crippen LogP contribution in [0.25, 0.3) is 0 Å². The summed E-state index contributed by atoms with van der Waals surface area (Å²) in [7, 11) is -3.87. The maximum absolute atomic E-state index is 13.5. The maximum atomic E-state index is 13.5. The van der Waals surface area contributed by atoms with Gasteiger partial charge in [-0.15, -0.1) is 0 Å². The summed E-state index contributed by atoms with van der Waals surface area (Å²) in [5.41, 5.74) is 0.450. The molecule has 1 saturated heterocycles. The SMILES string of the molecule is CC1CN(c2ccc(C(F)(F)F)cn2)CCN1S(=O)(=O)c1cccc2c1CC(C(=O)O)C2. The summed E-state index contributed by atoms with van der Waals surface area (Å²) < 4.78 is 66.6. The topological polar surface area (TPSA) is 90.8 Å². The number of benzene rings is 1. The van der Waals surface area contributed by atoms with E-state index in [2.05, 4.69) is 4.98 Å². The minimum absolute atomic E-state index is 0.131. The van der Waals surface area contributed by atoms with Crippen LogP contribution in [-0.4, -0.2) is 54.5 Å². The van der Waals surface area contributed by atoms with Crippen LogP contribution in [0.3, 0.4) is 0 Å². The van der Waals surface area contributed by atoms with Crippen LogP contribution in [0.2, 0.25) is 0 Å². The van der Waals surface area contributed by atoms with Gasteiger partial charge in [-0.25, -0.2) is 13.4 Å². The third kappa shape index (κ3) is 4.06. The zero-order chi connectivity index (χ0) is 23.3. The number of anilines is 1. The number of aliphatic carboxylic acids is 1. The third-order valence-electron chi connectivity index (χ3n) is 6.05. The van der Waals surface area contributed by atoms with E-state index < -0.39 is 39.7 Å². The molecule has 1 aliphatic carbocycles. The number of rotatable bonds is 4. The van der Waals surface area contributed by atoms with Crippen molar-refractivity contribution in [2.24, 2.45) is 5.92 Å². The van der Waals surface area contributed by atoms with Crippen LogP contribution >= 0.6 is 0 Å². The lowest BCUT2D eigenvalue weighted by Gasteiger charge is -2.39. The molecule has 0 bridgehead atoms. The lowest BCUT2D eigenvalue weighted by Crippen LogP contribution is -2.54. The van der Waals surface area contributed by atoms with Gasteiger partial charge < -0.3 is 10.0 Å². The Hall–Kier alpha value is -2.66. The van der Waals surface area contributed by atoms with Gasteiger partial charge in [0.05, 0.1) is 16.4 Å². The Morgan fingerprint density at radius 2 is 1.91 bits per heavy atom. The number of hydrogen-bond donors (Lipinski definition) is 1. The second kappa shape index (κ2) is 8.04. The molecule has 32 heavy (non-hydrogen) atoms. The van der Waals surface area contributed by atoms with Gasteiger partial charge in [0.15, 0.2) is 0 Å². The Morgan fingerprint density at radius 3 is 2.50 bits per heavy atom. The fourth-order valence-electron chi connectivity index (χ4n) is 4.41. The molecule has 0 radical (unpaired) electrons. The number of carboxylic acids is 1. The first-order valence-electron chi connectivity index (χ1n) is 10.1. The molecule has 4 rings (SSSR count). The number of fused-ring (bicyclic) bond motifs is 1. The van der Waals surface area contributed by atoms with Crippen molar-refractivity contribution >= 4 is 21.8 Å². The van der Waals surface area contributed by atoms with Crippen molar-refractivity contribution in [3.63, 3.8) is 0 Å². The van der Waals surface area contributed by atoms with Crippen molar-refractivity contribution in [3.8, 4) is 0 Å². The van der Waals surface area contributed by atoms with Crippen molar-refractivity contribution in [2.45, 2.75) is 36.9 Å². The van der Waals surface area contributed by atoms with Gasteiger partial charge >= 0.3 is 12.1 Å². The highest BCUT2D eigenvalue weighted by Gasteiger charge is 2.38. The van der Waals surface area contributed by atoms with Gasteiger partial charge in [0, 0.05) is 31.9 Å². The van der Waals surface area contributed by atoms with Crippen LogP contribution in [0.4, 0.5) is 19.0 Å². The van der Waals surface area contributed by atoms with E-state index in [-0.39, 0.29) is 31.0 Å². The number of hydrogen-bond acceptors (Lipinski definition) is 5. The molecule has 0 amide bonds. The molecule has 7 nitrogen and oxygen atoms in total. The van der Waals surface area contributed by atoms with E-state index in [9.17, 15) is 31.5 Å². The molecule has 2 atom stereocenters. The average Bonchev–Trinajstić information content (AvgIpc) is 3.17. The average molecular weight is 469 g/mol. The lowest BCUT2D eigenvalue weighted by molar-refractivity contribution is -0.141. The highest BCUT2D eigenvalue weighted by Crippen LogP contribution is 2.35. The fraction of sp³-hybridized carbons (Fsp3) is 0.429. The van der Waals surface area contributed by atoms with Gasteiger partial charge in [0.1, 0.15) is 5.82 Å². The summed E-state index contributed by atoms with van der Waals surface area (Å²) in [5, 5.41) is 9.34. The Morgan fingerprint density at radius 1 is 1.16 bits per heavy atom. The van der Waals surface area contributed by atoms with Gasteiger partial charge in [-0.3, -0.25) is 4.79 Å². The van der Waals surface area contributed by atoms with Gasteiger partial charge in [0.25, 0.3) is 0 Å². The number of carboxylic acid groups (broad SMARTS) is 1. The minimum Gasteiger partial charge on any atom is -0.481 e. The van der Waals surface area contributed by atoms with Crippen LogP contribution < -0.4 is 4.90 Å². The van der Waals surface area contributed by atoms with E-state index in [0.717, 1.165) is 17.8 Å². The molecule has 1 aromatic heterocycles. The largest absolute Gasteiger partial charge is 0.481 e. The van der Waals surface area contributed by atoms with Crippen molar-refractivity contribution in [2.75, 3.05) is 24.5 Å². The molecule has 1 fully saturated rings. The van der Waals surface area contributed by atoms with Crippen molar-refractivity contribution in [3.05, 3.63) is 53.2 Å². The summed E-state index contributed by atoms with van der Waals surface area (Å²) in [5.74, 6) is -1.23. The maximum Gasteiger partial charge on any atom is 0.417 e. The molecule has 2 aliphatic rings. The molecule has 2 heterocycles. The zero-order valence-electron chi connectivity index (χ0n) is 17.2. The number of nitrogens with zero attached hydrogens (tertiary/aromatic N) is 3. The first-order valence-corrected chi connectivity index (χ1v) is 11.6. The first kappa shape index (κ1) is 22.5. The van der Waals surface area contributed by atoms with E-state index in [4.69, 9.17) is 0 Å². The Kier molecular flexibility index (Phi) is 5.66. The van der Waals surface area contributed by atoms with E-state index in [1.165, 1.54) is 16.4 Å². The number of carbonyl (C=O) groups is 1. The summed E-state index contributed by atoms with van der Waals surface area (Å²) in [4.78, 5) is 17.2. The fourth-order valence-corrected chi connectivity index (χ4v) is 6.30. The second-order valence-corrected chi connectivity index (χ2v) is 10.0. The van der Waals surface area contributed by atoms with Crippen LogP contribution in [-0.2, 0) is 33.8 Å². The highest BCUT2D eigenvalue weighted by molar-refractivity contribution is 7.89. The van der Waals surface area contributed by atoms with Crippen LogP contribution in [0.5, 0.6) is 0 Å². The number of piperazine rings is 1. The van der Waals surface area contributed by atoms with Crippen LogP contribution in [0, 0.1) is 5.92 Å². The number of halogens is 3. The van der Waals surface area contributed by atoms with Crippen molar-refractivity contribution in [1.82, 2.24) is 9.29 Å². The molecule has 1 N–H and O–H groups in total. The molecular formula is C21H22F3N3O4S. The molecular weight excluding hydrogens is 447 g/mol. The Bertz CT molecular complexity index is 1140.